The smallest absolute Gasteiger partial charge is 0.277 e. The van der Waals surface area contributed by atoms with Crippen LogP contribution in [0.2, 0.25) is 0 Å². The number of anilines is 1. The number of benzene rings is 2. The maximum atomic E-state index is 12.3. The molecule has 3 rings (SSSR count). The van der Waals surface area contributed by atoms with E-state index >= 15 is 0 Å². The van der Waals surface area contributed by atoms with Gasteiger partial charge in [-0.1, -0.05) is 12.1 Å². The van der Waals surface area contributed by atoms with Crippen LogP contribution in [0.25, 0.3) is 0 Å². The molecule has 1 amide bonds. The Hall–Kier alpha value is -3.49. The number of nitro benzene ring substituents is 2. The fraction of sp³-hybridized carbons (Fsp3) is 0.316. The number of nitro groups is 2. The topological polar surface area (TPSA) is 119 Å². The van der Waals surface area contributed by atoms with Crippen LogP contribution in [0.3, 0.4) is 0 Å². The highest BCUT2D eigenvalue weighted by Gasteiger charge is 2.19. The highest BCUT2D eigenvalue weighted by atomic mass is 16.6. The van der Waals surface area contributed by atoms with E-state index in [2.05, 4.69) is 10.2 Å². The summed E-state index contributed by atoms with van der Waals surface area (Å²) in [5.41, 5.74) is 0.902. The Morgan fingerprint density at radius 2 is 1.50 bits per heavy atom. The highest BCUT2D eigenvalue weighted by Crippen LogP contribution is 2.23. The van der Waals surface area contributed by atoms with Gasteiger partial charge in [0.05, 0.1) is 21.5 Å². The first-order valence-electron chi connectivity index (χ1n) is 9.00. The molecule has 1 aliphatic rings. The molecule has 0 atom stereocenters. The zero-order valence-corrected chi connectivity index (χ0v) is 15.2. The van der Waals surface area contributed by atoms with E-state index in [1.165, 1.54) is 19.3 Å². The van der Waals surface area contributed by atoms with Crippen molar-refractivity contribution in [3.05, 3.63) is 73.8 Å². The fourth-order valence-corrected chi connectivity index (χ4v) is 3.20. The molecule has 1 heterocycles. The van der Waals surface area contributed by atoms with Gasteiger partial charge in [-0.2, -0.15) is 0 Å². The van der Waals surface area contributed by atoms with Gasteiger partial charge in [-0.05, 0) is 37.0 Å². The van der Waals surface area contributed by atoms with Crippen molar-refractivity contribution < 1.29 is 14.6 Å². The third-order valence-electron chi connectivity index (χ3n) is 4.70. The normalized spacial score (nSPS) is 13.8. The summed E-state index contributed by atoms with van der Waals surface area (Å²) in [5.74, 6) is -0.605. The molecule has 2 aromatic rings. The first kappa shape index (κ1) is 19.3. The molecule has 146 valence electrons. The van der Waals surface area contributed by atoms with E-state index in [1.54, 1.807) is 0 Å². The van der Waals surface area contributed by atoms with Gasteiger partial charge < -0.3 is 10.2 Å². The summed E-state index contributed by atoms with van der Waals surface area (Å²) in [7, 11) is 0. The standard InChI is InChI=1S/C19H20N4O5/c24-19(15-10-17(22(25)26)12-18(11-15)23(27)28)20-13-14-4-6-16(7-5-14)21-8-2-1-3-9-21/h4-7,10-12H,1-3,8-9,13H2,(H,20,24). The molecule has 0 aliphatic carbocycles. The monoisotopic (exact) mass is 384 g/mol. The molecular weight excluding hydrogens is 364 g/mol. The van der Waals surface area contributed by atoms with Gasteiger partial charge in [0.15, 0.2) is 0 Å². The second-order valence-electron chi connectivity index (χ2n) is 6.65. The molecular formula is C19H20N4O5. The molecule has 0 unspecified atom stereocenters. The Morgan fingerprint density at radius 1 is 0.929 bits per heavy atom. The van der Waals surface area contributed by atoms with Gasteiger partial charge in [0, 0.05) is 37.5 Å². The van der Waals surface area contributed by atoms with Crippen LogP contribution < -0.4 is 10.2 Å². The van der Waals surface area contributed by atoms with Gasteiger partial charge in [0.1, 0.15) is 0 Å². The summed E-state index contributed by atoms with van der Waals surface area (Å²) < 4.78 is 0. The third-order valence-corrected chi connectivity index (χ3v) is 4.70. The Labute approximate surface area is 161 Å². The van der Waals surface area contributed by atoms with E-state index in [-0.39, 0.29) is 12.1 Å². The van der Waals surface area contributed by atoms with Crippen LogP contribution >= 0.6 is 0 Å². The van der Waals surface area contributed by atoms with Gasteiger partial charge >= 0.3 is 0 Å². The average Bonchev–Trinajstić information content (AvgIpc) is 2.72. The van der Waals surface area contributed by atoms with E-state index in [1.807, 2.05) is 24.3 Å². The molecule has 2 aromatic carbocycles. The van der Waals surface area contributed by atoms with Gasteiger partial charge in [0.25, 0.3) is 17.3 Å². The van der Waals surface area contributed by atoms with Crippen LogP contribution in [-0.4, -0.2) is 28.8 Å². The lowest BCUT2D eigenvalue weighted by atomic mass is 10.1. The molecule has 0 aromatic heterocycles. The Morgan fingerprint density at radius 3 is 2.04 bits per heavy atom. The maximum absolute atomic E-state index is 12.3. The SMILES string of the molecule is O=C(NCc1ccc(N2CCCCC2)cc1)c1cc([N+](=O)[O-])cc([N+](=O)[O-])c1. The lowest BCUT2D eigenvalue weighted by molar-refractivity contribution is -0.394. The summed E-state index contributed by atoms with van der Waals surface area (Å²) >= 11 is 0. The van der Waals surface area contributed by atoms with Gasteiger partial charge in [-0.25, -0.2) is 0 Å². The van der Waals surface area contributed by atoms with Crippen LogP contribution in [0.1, 0.15) is 35.2 Å². The first-order chi connectivity index (χ1) is 13.4. The van der Waals surface area contributed by atoms with E-state index in [4.69, 9.17) is 0 Å². The quantitative estimate of drug-likeness (QED) is 0.602. The third kappa shape index (κ3) is 4.61. The predicted molar refractivity (Wildman–Crippen MR) is 103 cm³/mol. The molecule has 28 heavy (non-hydrogen) atoms. The number of nitrogens with zero attached hydrogens (tertiary/aromatic N) is 3. The highest BCUT2D eigenvalue weighted by molar-refractivity contribution is 5.95. The molecule has 1 saturated heterocycles. The van der Waals surface area contributed by atoms with Crippen LogP contribution in [0.5, 0.6) is 0 Å². The van der Waals surface area contributed by atoms with Crippen molar-refractivity contribution in [2.75, 3.05) is 18.0 Å². The predicted octanol–water partition coefficient (Wildman–Crippen LogP) is 3.42. The molecule has 9 nitrogen and oxygen atoms in total. The number of carbonyl (C=O) groups excluding carboxylic acids is 1. The lowest BCUT2D eigenvalue weighted by Crippen LogP contribution is -2.29. The lowest BCUT2D eigenvalue weighted by Gasteiger charge is -2.28. The minimum absolute atomic E-state index is 0.120. The van der Waals surface area contributed by atoms with Gasteiger partial charge in [-0.3, -0.25) is 25.0 Å². The molecule has 0 saturated carbocycles. The minimum Gasteiger partial charge on any atom is -0.372 e. The van der Waals surface area contributed by atoms with Crippen LogP contribution in [-0.2, 0) is 6.54 Å². The molecule has 0 radical (unpaired) electrons. The van der Waals surface area contributed by atoms with Gasteiger partial charge in [0.2, 0.25) is 0 Å². The maximum Gasteiger partial charge on any atom is 0.277 e. The van der Waals surface area contributed by atoms with Gasteiger partial charge in [-0.15, -0.1) is 0 Å². The number of carbonyl (C=O) groups is 1. The summed E-state index contributed by atoms with van der Waals surface area (Å²) in [5, 5.41) is 24.5. The van der Waals surface area contributed by atoms with E-state index in [0.717, 1.165) is 42.5 Å². The number of hydrogen-bond acceptors (Lipinski definition) is 6. The molecule has 0 bridgehead atoms. The Balaban J connectivity index is 1.66. The minimum atomic E-state index is -0.761. The Bertz CT molecular complexity index is 859. The van der Waals surface area contributed by atoms with Crippen molar-refractivity contribution in [3.63, 3.8) is 0 Å². The zero-order chi connectivity index (χ0) is 20.1. The average molecular weight is 384 g/mol. The fourth-order valence-electron chi connectivity index (χ4n) is 3.20. The number of piperidine rings is 1. The van der Waals surface area contributed by atoms with E-state index in [0.29, 0.717) is 0 Å². The van der Waals surface area contributed by atoms with Crippen LogP contribution in [0.4, 0.5) is 17.1 Å². The van der Waals surface area contributed by atoms with Crippen LogP contribution in [0, 0.1) is 20.2 Å². The second kappa shape index (κ2) is 8.47. The van der Waals surface area contributed by atoms with Crippen molar-refractivity contribution in [2.24, 2.45) is 0 Å². The van der Waals surface area contributed by atoms with Crippen molar-refractivity contribution in [1.29, 1.82) is 0 Å². The number of non-ortho nitro benzene ring substituents is 2. The molecule has 1 aliphatic heterocycles. The molecule has 9 heteroatoms. The number of hydrogen-bond donors (Lipinski definition) is 1. The molecule has 1 N–H and O–H groups in total. The number of rotatable bonds is 6. The van der Waals surface area contributed by atoms with Crippen molar-refractivity contribution >= 4 is 23.0 Å². The van der Waals surface area contributed by atoms with Crippen molar-refractivity contribution in [3.8, 4) is 0 Å². The van der Waals surface area contributed by atoms with E-state index < -0.39 is 27.1 Å². The number of amides is 1. The first-order valence-corrected chi connectivity index (χ1v) is 9.00. The van der Waals surface area contributed by atoms with Crippen molar-refractivity contribution in [2.45, 2.75) is 25.8 Å². The zero-order valence-electron chi connectivity index (χ0n) is 15.2. The van der Waals surface area contributed by atoms with Crippen LogP contribution in [0.15, 0.2) is 42.5 Å². The van der Waals surface area contributed by atoms with Crippen molar-refractivity contribution in [1.82, 2.24) is 5.32 Å². The molecule has 1 fully saturated rings. The summed E-state index contributed by atoms with van der Waals surface area (Å²) in [4.78, 5) is 35.0. The Kier molecular flexibility index (Phi) is 5.83. The summed E-state index contributed by atoms with van der Waals surface area (Å²) in [6, 6.07) is 10.7. The second-order valence-corrected chi connectivity index (χ2v) is 6.65. The summed E-state index contributed by atoms with van der Waals surface area (Å²) in [6.07, 6.45) is 3.64. The number of nitrogens with one attached hydrogen (secondary N) is 1. The van der Waals surface area contributed by atoms with E-state index in [9.17, 15) is 25.0 Å². The summed E-state index contributed by atoms with van der Waals surface area (Å²) in [6.45, 7) is 2.30. The largest absolute Gasteiger partial charge is 0.372 e. The molecule has 0 spiro atoms.